The Morgan fingerprint density at radius 3 is 2.69 bits per heavy atom. The van der Waals surface area contributed by atoms with Gasteiger partial charge >= 0.3 is 0 Å². The lowest BCUT2D eigenvalue weighted by Crippen LogP contribution is -2.38. The van der Waals surface area contributed by atoms with Crippen molar-refractivity contribution in [3.8, 4) is 0 Å². The molecule has 1 rings (SSSR count). The van der Waals surface area contributed by atoms with Crippen LogP contribution < -0.4 is 10.6 Å². The zero-order valence-electron chi connectivity index (χ0n) is 9.15. The first-order valence-electron chi connectivity index (χ1n) is 4.88. The number of carbonyl (C=O) groups is 2. The van der Waals surface area contributed by atoms with E-state index in [9.17, 15) is 9.59 Å². The Morgan fingerprint density at radius 1 is 1.38 bits per heavy atom. The fourth-order valence-electron chi connectivity index (χ4n) is 0.878. The van der Waals surface area contributed by atoms with Crippen molar-refractivity contribution in [2.24, 2.45) is 5.92 Å². The minimum Gasteiger partial charge on any atom is -0.354 e. The first-order valence-corrected chi connectivity index (χ1v) is 4.88. The van der Waals surface area contributed by atoms with Crippen LogP contribution in [0.3, 0.4) is 0 Å². The van der Waals surface area contributed by atoms with Crippen LogP contribution in [0.4, 0.5) is 0 Å². The van der Waals surface area contributed by atoms with E-state index in [1.54, 1.807) is 0 Å². The average Bonchev–Trinajstić information content (AvgIpc) is 2.76. The molecule has 2 amide bonds. The summed E-state index contributed by atoms with van der Waals surface area (Å²) in [6.07, 6.45) is 0. The first-order chi connectivity index (χ1) is 7.59. The van der Waals surface area contributed by atoms with Crippen molar-refractivity contribution in [2.45, 2.75) is 13.8 Å². The van der Waals surface area contributed by atoms with Crippen LogP contribution in [-0.4, -0.2) is 45.5 Å². The number of aromatic amines is 1. The van der Waals surface area contributed by atoms with E-state index in [0.717, 1.165) is 0 Å². The summed E-state index contributed by atoms with van der Waals surface area (Å²) < 4.78 is 0. The van der Waals surface area contributed by atoms with Crippen molar-refractivity contribution < 1.29 is 9.59 Å². The fourth-order valence-corrected chi connectivity index (χ4v) is 0.878. The van der Waals surface area contributed by atoms with Gasteiger partial charge < -0.3 is 10.6 Å². The molecule has 8 nitrogen and oxygen atoms in total. The molecule has 8 heteroatoms. The predicted octanol–water partition coefficient (Wildman–Crippen LogP) is -1.30. The number of H-pyrrole nitrogens is 1. The van der Waals surface area contributed by atoms with Crippen LogP contribution >= 0.6 is 0 Å². The Hall–Kier alpha value is -1.99. The molecule has 16 heavy (non-hydrogen) atoms. The Bertz CT molecular complexity index is 347. The van der Waals surface area contributed by atoms with Crippen LogP contribution in [0.2, 0.25) is 0 Å². The number of hydrogen-bond acceptors (Lipinski definition) is 5. The van der Waals surface area contributed by atoms with Crippen molar-refractivity contribution in [2.75, 3.05) is 13.1 Å². The van der Waals surface area contributed by atoms with E-state index in [1.807, 2.05) is 13.8 Å². The molecule has 0 saturated carbocycles. The monoisotopic (exact) mass is 226 g/mol. The topological polar surface area (TPSA) is 113 Å². The number of aromatic nitrogens is 4. The number of nitrogens with zero attached hydrogens (tertiary/aromatic N) is 3. The summed E-state index contributed by atoms with van der Waals surface area (Å²) in [7, 11) is 0. The van der Waals surface area contributed by atoms with Crippen molar-refractivity contribution in [1.82, 2.24) is 31.3 Å². The molecule has 88 valence electrons. The zero-order chi connectivity index (χ0) is 12.0. The van der Waals surface area contributed by atoms with Gasteiger partial charge in [-0.2, -0.15) is 5.21 Å². The summed E-state index contributed by atoms with van der Waals surface area (Å²) in [6, 6.07) is 0. The van der Waals surface area contributed by atoms with Gasteiger partial charge in [0.2, 0.25) is 5.91 Å². The van der Waals surface area contributed by atoms with Gasteiger partial charge in [0.05, 0.1) is 6.54 Å². The van der Waals surface area contributed by atoms with Crippen LogP contribution in [0.25, 0.3) is 0 Å². The molecule has 0 radical (unpaired) electrons. The highest BCUT2D eigenvalue weighted by Gasteiger charge is 2.11. The second-order valence-corrected chi connectivity index (χ2v) is 3.62. The molecule has 1 aromatic rings. The Labute approximate surface area is 92.2 Å². The summed E-state index contributed by atoms with van der Waals surface area (Å²) >= 11 is 0. The molecule has 1 aromatic heterocycles. The van der Waals surface area contributed by atoms with Gasteiger partial charge in [0.1, 0.15) is 0 Å². The van der Waals surface area contributed by atoms with Gasteiger partial charge in [-0.25, -0.2) is 0 Å². The Morgan fingerprint density at radius 2 is 2.12 bits per heavy atom. The normalized spacial score (nSPS) is 10.2. The molecule has 3 N–H and O–H groups in total. The van der Waals surface area contributed by atoms with Crippen LogP contribution in [-0.2, 0) is 4.79 Å². The van der Waals surface area contributed by atoms with Gasteiger partial charge in [0, 0.05) is 6.54 Å². The van der Waals surface area contributed by atoms with Crippen molar-refractivity contribution in [3.05, 3.63) is 5.82 Å². The summed E-state index contributed by atoms with van der Waals surface area (Å²) in [6.45, 7) is 4.45. The first kappa shape index (κ1) is 12.1. The number of carbonyl (C=O) groups excluding carboxylic acids is 2. The number of rotatable bonds is 5. The molecule has 1 heterocycles. The van der Waals surface area contributed by atoms with E-state index in [-0.39, 0.29) is 18.3 Å². The highest BCUT2D eigenvalue weighted by atomic mass is 16.2. The molecule has 0 aliphatic rings. The molecule has 0 aliphatic heterocycles. The van der Waals surface area contributed by atoms with E-state index in [1.165, 1.54) is 0 Å². The minimum atomic E-state index is -0.534. The van der Waals surface area contributed by atoms with Crippen LogP contribution in [0, 0.1) is 5.92 Å². The van der Waals surface area contributed by atoms with Gasteiger partial charge in [0.15, 0.2) is 0 Å². The highest BCUT2D eigenvalue weighted by molar-refractivity contribution is 5.93. The highest BCUT2D eigenvalue weighted by Crippen LogP contribution is 1.86. The minimum absolute atomic E-state index is 0.0864. The molecule has 0 spiro atoms. The van der Waals surface area contributed by atoms with Gasteiger partial charge in [0.25, 0.3) is 11.7 Å². The van der Waals surface area contributed by atoms with Crippen molar-refractivity contribution in [3.63, 3.8) is 0 Å². The lowest BCUT2D eigenvalue weighted by atomic mass is 10.2. The van der Waals surface area contributed by atoms with E-state index in [4.69, 9.17) is 0 Å². The summed E-state index contributed by atoms with van der Waals surface area (Å²) in [5.41, 5.74) is 0. The molecule has 0 atom stereocenters. The third kappa shape index (κ3) is 4.03. The third-order valence-electron chi connectivity index (χ3n) is 1.67. The Kier molecular flexibility index (Phi) is 4.37. The van der Waals surface area contributed by atoms with Gasteiger partial charge in [-0.1, -0.05) is 13.8 Å². The lowest BCUT2D eigenvalue weighted by molar-refractivity contribution is -0.120. The molecular formula is C8H14N6O2. The second-order valence-electron chi connectivity index (χ2n) is 3.62. The molecule has 0 saturated heterocycles. The van der Waals surface area contributed by atoms with E-state index < -0.39 is 5.91 Å². The number of hydrogen-bond donors (Lipinski definition) is 3. The predicted molar refractivity (Wildman–Crippen MR) is 54.4 cm³/mol. The van der Waals surface area contributed by atoms with Crippen LogP contribution in [0.5, 0.6) is 0 Å². The molecule has 0 bridgehead atoms. The van der Waals surface area contributed by atoms with Gasteiger partial charge in [-0.05, 0) is 11.1 Å². The number of nitrogens with one attached hydrogen (secondary N) is 3. The third-order valence-corrected chi connectivity index (χ3v) is 1.67. The molecule has 0 aromatic carbocycles. The van der Waals surface area contributed by atoms with Crippen LogP contribution in [0.15, 0.2) is 0 Å². The molecule has 0 fully saturated rings. The van der Waals surface area contributed by atoms with Gasteiger partial charge in [-0.15, -0.1) is 10.2 Å². The second kappa shape index (κ2) is 5.79. The Balaban J connectivity index is 2.24. The van der Waals surface area contributed by atoms with E-state index >= 15 is 0 Å². The maximum atomic E-state index is 11.3. The van der Waals surface area contributed by atoms with Crippen molar-refractivity contribution in [1.29, 1.82) is 0 Å². The van der Waals surface area contributed by atoms with Crippen LogP contribution in [0.1, 0.15) is 24.5 Å². The van der Waals surface area contributed by atoms with Crippen molar-refractivity contribution >= 4 is 11.8 Å². The SMILES string of the molecule is CC(C)CNC(=O)CNC(=O)c1nn[nH]n1. The number of tetrazole rings is 1. The standard InChI is InChI=1S/C8H14N6O2/c1-5(2)3-9-6(15)4-10-8(16)7-11-13-14-12-7/h5H,3-4H2,1-2H3,(H,9,15)(H,10,16)(H,11,12,13,14). The summed E-state index contributed by atoms with van der Waals surface area (Å²) in [5, 5.41) is 17.4. The molecule has 0 aliphatic carbocycles. The maximum absolute atomic E-state index is 11.3. The summed E-state index contributed by atoms with van der Waals surface area (Å²) in [4.78, 5) is 22.5. The van der Waals surface area contributed by atoms with E-state index in [0.29, 0.717) is 12.5 Å². The molecule has 0 unspecified atom stereocenters. The summed E-state index contributed by atoms with van der Waals surface area (Å²) in [5.74, 6) is -0.493. The number of amides is 2. The maximum Gasteiger partial charge on any atom is 0.293 e. The smallest absolute Gasteiger partial charge is 0.293 e. The quantitative estimate of drug-likeness (QED) is 0.577. The van der Waals surface area contributed by atoms with Gasteiger partial charge in [-0.3, -0.25) is 9.59 Å². The lowest BCUT2D eigenvalue weighted by Gasteiger charge is -2.07. The fraction of sp³-hybridized carbons (Fsp3) is 0.625. The largest absolute Gasteiger partial charge is 0.354 e. The average molecular weight is 226 g/mol. The zero-order valence-corrected chi connectivity index (χ0v) is 9.15. The molecular weight excluding hydrogens is 212 g/mol. The van der Waals surface area contributed by atoms with E-state index in [2.05, 4.69) is 31.3 Å².